The molecule has 0 aliphatic rings. The molecule has 1 heterocycles. The summed E-state index contributed by atoms with van der Waals surface area (Å²) in [6, 6.07) is 12.3. The van der Waals surface area contributed by atoms with Crippen LogP contribution >= 0.6 is 15.9 Å². The van der Waals surface area contributed by atoms with Gasteiger partial charge in [-0.2, -0.15) is 13.2 Å². The minimum Gasteiger partial charge on any atom is -0.495 e. The number of fused-ring (bicyclic) bond motifs is 1. The Balaban J connectivity index is 1.73. The Bertz CT molecular complexity index is 1580. The van der Waals surface area contributed by atoms with Crippen molar-refractivity contribution >= 4 is 50.1 Å². The van der Waals surface area contributed by atoms with Crippen molar-refractivity contribution in [3.8, 4) is 16.9 Å². The zero-order valence-corrected chi connectivity index (χ0v) is 24.6. The second-order valence-corrected chi connectivity index (χ2v) is 10.7. The third-order valence-corrected chi connectivity index (χ3v) is 7.10. The first-order valence-corrected chi connectivity index (χ1v) is 13.5. The normalized spacial score (nSPS) is 11.6. The molecule has 0 atom stereocenters. The first kappa shape index (κ1) is 30.1. The Morgan fingerprint density at radius 1 is 1.05 bits per heavy atom. The standard InChI is InChI=1S/C29H30BrF3N6O2/c1-38(2)10-5-11-39(3)25-9-7-20(29(31,32)33)15-24(25)36-27(40)21-13-18(14-22(30)26(21)41-4)17-6-8-23-19(12-17)16-35-28(34)37-23/h6-9,12-16H,5,10-11H2,1-4H3,(H,36,40)(H2,34,35,37). The van der Waals surface area contributed by atoms with Crippen molar-refractivity contribution < 1.29 is 22.7 Å². The Hall–Kier alpha value is -3.90. The van der Waals surface area contributed by atoms with Gasteiger partial charge in [-0.05, 0) is 96.6 Å². The van der Waals surface area contributed by atoms with Gasteiger partial charge in [-0.3, -0.25) is 4.79 Å². The second kappa shape index (κ2) is 12.3. The molecule has 216 valence electrons. The molecule has 0 fully saturated rings. The van der Waals surface area contributed by atoms with Crippen molar-refractivity contribution in [1.29, 1.82) is 0 Å². The number of alkyl halides is 3. The molecule has 12 heteroatoms. The van der Waals surface area contributed by atoms with Crippen LogP contribution in [-0.2, 0) is 6.18 Å². The lowest BCUT2D eigenvalue weighted by Gasteiger charge is -2.24. The van der Waals surface area contributed by atoms with Gasteiger partial charge in [0.2, 0.25) is 5.95 Å². The van der Waals surface area contributed by atoms with E-state index in [1.54, 1.807) is 31.4 Å². The molecular formula is C29H30BrF3N6O2. The van der Waals surface area contributed by atoms with E-state index in [0.29, 0.717) is 27.8 Å². The van der Waals surface area contributed by atoms with Gasteiger partial charge in [0.05, 0.1) is 39.6 Å². The minimum atomic E-state index is -4.58. The van der Waals surface area contributed by atoms with Crippen LogP contribution in [0.3, 0.4) is 0 Å². The molecule has 0 aliphatic carbocycles. The molecular weight excluding hydrogens is 601 g/mol. The highest BCUT2D eigenvalue weighted by Crippen LogP contribution is 2.38. The molecule has 1 aromatic heterocycles. The van der Waals surface area contributed by atoms with E-state index in [0.717, 1.165) is 36.0 Å². The molecule has 0 aliphatic heterocycles. The number of nitrogen functional groups attached to an aromatic ring is 1. The van der Waals surface area contributed by atoms with Crippen molar-refractivity contribution in [3.05, 3.63) is 70.3 Å². The summed E-state index contributed by atoms with van der Waals surface area (Å²) in [5, 5.41) is 3.46. The number of carbonyl (C=O) groups is 1. The number of carbonyl (C=O) groups excluding carboxylic acids is 1. The number of hydrogen-bond acceptors (Lipinski definition) is 7. The first-order valence-electron chi connectivity index (χ1n) is 12.7. The number of methoxy groups -OCH3 is 1. The number of rotatable bonds is 9. The molecule has 3 aromatic carbocycles. The Morgan fingerprint density at radius 3 is 2.49 bits per heavy atom. The minimum absolute atomic E-state index is 0.0428. The number of nitrogens with two attached hydrogens (primary N) is 1. The summed E-state index contributed by atoms with van der Waals surface area (Å²) in [6.45, 7) is 1.38. The van der Waals surface area contributed by atoms with E-state index in [1.807, 2.05) is 36.0 Å². The van der Waals surface area contributed by atoms with Crippen LogP contribution in [0.5, 0.6) is 5.75 Å². The van der Waals surface area contributed by atoms with E-state index in [4.69, 9.17) is 10.5 Å². The topological polar surface area (TPSA) is 96.6 Å². The monoisotopic (exact) mass is 630 g/mol. The van der Waals surface area contributed by atoms with E-state index in [2.05, 4.69) is 31.2 Å². The quantitative estimate of drug-likeness (QED) is 0.224. The Kier molecular flexibility index (Phi) is 9.03. The molecule has 0 spiro atoms. The number of nitrogens with zero attached hydrogens (tertiary/aromatic N) is 4. The van der Waals surface area contributed by atoms with Gasteiger partial charge >= 0.3 is 6.18 Å². The molecule has 8 nitrogen and oxygen atoms in total. The number of anilines is 3. The molecule has 4 aromatic rings. The fourth-order valence-corrected chi connectivity index (χ4v) is 5.07. The predicted octanol–water partition coefficient (Wildman–Crippen LogP) is 6.31. The van der Waals surface area contributed by atoms with E-state index in [-0.39, 0.29) is 22.9 Å². The lowest BCUT2D eigenvalue weighted by Crippen LogP contribution is -2.25. The van der Waals surface area contributed by atoms with Crippen LogP contribution in [0.4, 0.5) is 30.5 Å². The lowest BCUT2D eigenvalue weighted by molar-refractivity contribution is -0.137. The molecule has 0 radical (unpaired) electrons. The molecule has 0 saturated heterocycles. The Labute approximate surface area is 244 Å². The average molecular weight is 631 g/mol. The van der Waals surface area contributed by atoms with Gasteiger partial charge < -0.3 is 25.6 Å². The van der Waals surface area contributed by atoms with Crippen LogP contribution in [-0.4, -0.2) is 62.1 Å². The highest BCUT2D eigenvalue weighted by Gasteiger charge is 2.32. The van der Waals surface area contributed by atoms with Gasteiger partial charge in [-0.15, -0.1) is 0 Å². The van der Waals surface area contributed by atoms with E-state index >= 15 is 0 Å². The van der Waals surface area contributed by atoms with Crippen LogP contribution in [0.2, 0.25) is 0 Å². The molecule has 0 bridgehead atoms. The Morgan fingerprint density at radius 2 is 1.80 bits per heavy atom. The first-order chi connectivity index (χ1) is 19.4. The van der Waals surface area contributed by atoms with Gasteiger partial charge in [-0.1, -0.05) is 6.07 Å². The van der Waals surface area contributed by atoms with E-state index in [1.165, 1.54) is 13.2 Å². The maximum Gasteiger partial charge on any atom is 0.416 e. The molecule has 0 saturated carbocycles. The number of ether oxygens (including phenoxy) is 1. The molecule has 4 rings (SSSR count). The summed E-state index contributed by atoms with van der Waals surface area (Å²) in [5.74, 6) is -0.215. The third-order valence-electron chi connectivity index (χ3n) is 6.51. The predicted molar refractivity (Wildman–Crippen MR) is 159 cm³/mol. The van der Waals surface area contributed by atoms with E-state index < -0.39 is 17.6 Å². The summed E-state index contributed by atoms with van der Waals surface area (Å²) < 4.78 is 46.9. The maximum atomic E-state index is 13.7. The zero-order valence-electron chi connectivity index (χ0n) is 23.0. The second-order valence-electron chi connectivity index (χ2n) is 9.80. The zero-order chi connectivity index (χ0) is 29.9. The largest absolute Gasteiger partial charge is 0.495 e. The van der Waals surface area contributed by atoms with Crippen LogP contribution in [0.15, 0.2) is 59.2 Å². The summed E-state index contributed by atoms with van der Waals surface area (Å²) in [7, 11) is 7.10. The molecule has 1 amide bonds. The summed E-state index contributed by atoms with van der Waals surface area (Å²) in [4.78, 5) is 25.8. The summed E-state index contributed by atoms with van der Waals surface area (Å²) in [6.07, 6.45) is -2.19. The highest BCUT2D eigenvalue weighted by molar-refractivity contribution is 9.10. The smallest absolute Gasteiger partial charge is 0.416 e. The van der Waals surface area contributed by atoms with Crippen LogP contribution in [0.25, 0.3) is 22.0 Å². The van der Waals surface area contributed by atoms with Crippen LogP contribution < -0.4 is 20.7 Å². The summed E-state index contributed by atoms with van der Waals surface area (Å²) in [5.41, 5.74) is 7.58. The van der Waals surface area contributed by atoms with E-state index in [9.17, 15) is 18.0 Å². The number of halogens is 4. The van der Waals surface area contributed by atoms with Gasteiger partial charge in [0.25, 0.3) is 5.91 Å². The van der Waals surface area contributed by atoms with Crippen molar-refractivity contribution in [3.63, 3.8) is 0 Å². The molecule has 3 N–H and O–H groups in total. The molecule has 0 unspecified atom stereocenters. The maximum absolute atomic E-state index is 13.7. The van der Waals surface area contributed by atoms with Crippen LogP contribution in [0, 0.1) is 0 Å². The summed E-state index contributed by atoms with van der Waals surface area (Å²) >= 11 is 3.48. The van der Waals surface area contributed by atoms with Crippen molar-refractivity contribution in [2.45, 2.75) is 12.6 Å². The van der Waals surface area contributed by atoms with Crippen LogP contribution in [0.1, 0.15) is 22.3 Å². The van der Waals surface area contributed by atoms with Crippen molar-refractivity contribution in [2.24, 2.45) is 0 Å². The number of aromatic nitrogens is 2. The van der Waals surface area contributed by atoms with Crippen molar-refractivity contribution in [1.82, 2.24) is 14.9 Å². The van der Waals surface area contributed by atoms with Gasteiger partial charge in [0.15, 0.2) is 0 Å². The van der Waals surface area contributed by atoms with Gasteiger partial charge in [0.1, 0.15) is 5.75 Å². The number of hydrogen-bond donors (Lipinski definition) is 2. The van der Waals surface area contributed by atoms with Crippen molar-refractivity contribution in [2.75, 3.05) is 57.3 Å². The number of nitrogens with one attached hydrogen (secondary N) is 1. The number of benzene rings is 3. The highest BCUT2D eigenvalue weighted by atomic mass is 79.9. The van der Waals surface area contributed by atoms with Gasteiger partial charge in [0, 0.05) is 25.2 Å². The SMILES string of the molecule is COc1c(Br)cc(-c2ccc3nc(N)ncc3c2)cc1C(=O)Nc1cc(C(F)(F)F)ccc1N(C)CCCN(C)C. The fraction of sp³-hybridized carbons (Fsp3) is 0.276. The average Bonchev–Trinajstić information content (AvgIpc) is 2.91. The fourth-order valence-electron chi connectivity index (χ4n) is 4.44. The van der Waals surface area contributed by atoms with Gasteiger partial charge in [-0.25, -0.2) is 9.97 Å². The third kappa shape index (κ3) is 7.06. The molecule has 41 heavy (non-hydrogen) atoms. The number of amides is 1. The lowest BCUT2D eigenvalue weighted by atomic mass is 10.0.